The van der Waals surface area contributed by atoms with E-state index in [0.717, 1.165) is 79.1 Å². The highest BCUT2D eigenvalue weighted by molar-refractivity contribution is 6.13. The first kappa shape index (κ1) is 33.5. The van der Waals surface area contributed by atoms with E-state index in [0.29, 0.717) is 17.5 Å². The van der Waals surface area contributed by atoms with Crippen molar-refractivity contribution in [2.24, 2.45) is 0 Å². The fraction of sp³-hybridized carbons (Fsp3) is 0.0556. The molecule has 5 nitrogen and oxygen atoms in total. The SMILES string of the molecule is c1ccc(-c2nc(-c3ccccc3)nc(-c3cccc4oc5ccc(-c6ccc7c(c6)-c6ccccc6CCC7c6ccc7oc8ccccc8c7c6)cc5c34)n2)cc1. The molecule has 1 aliphatic carbocycles. The number of benzene rings is 8. The van der Waals surface area contributed by atoms with Crippen molar-refractivity contribution >= 4 is 43.9 Å². The summed E-state index contributed by atoms with van der Waals surface area (Å²) in [4.78, 5) is 15.1. The summed E-state index contributed by atoms with van der Waals surface area (Å²) >= 11 is 0. The van der Waals surface area contributed by atoms with Gasteiger partial charge in [0.25, 0.3) is 0 Å². The van der Waals surface area contributed by atoms with Gasteiger partial charge < -0.3 is 8.83 Å². The number of fused-ring (bicyclic) bond motifs is 9. The Morgan fingerprint density at radius 3 is 1.83 bits per heavy atom. The molecule has 1 aliphatic rings. The lowest BCUT2D eigenvalue weighted by Gasteiger charge is -2.20. The van der Waals surface area contributed by atoms with Gasteiger partial charge in [-0.1, -0.05) is 140 Å². The molecule has 5 heteroatoms. The highest BCUT2D eigenvalue weighted by atomic mass is 16.3. The molecule has 0 saturated heterocycles. The molecule has 0 radical (unpaired) electrons. The first-order valence-electron chi connectivity index (χ1n) is 20.2. The standard InChI is InChI=1S/C54H35N3O2/c1-3-13-34(14-4-1)52-55-53(35-15-5-2-6-16-35)57-54(56-52)43-19-11-21-50-51(43)46-31-37(24-28-49(46)59-50)36-23-27-41-40(26-22-33-12-7-8-17-39(33)44(41)30-36)38-25-29-48-45(32-38)42-18-9-10-20-47(42)58-48/h1-21,23-25,27-32,40H,22,26H2. The lowest BCUT2D eigenvalue weighted by molar-refractivity contribution is 0.668. The van der Waals surface area contributed by atoms with Crippen LogP contribution in [0.2, 0.25) is 0 Å². The van der Waals surface area contributed by atoms with Gasteiger partial charge in [0.15, 0.2) is 17.5 Å². The monoisotopic (exact) mass is 757 g/mol. The molecular weight excluding hydrogens is 723 g/mol. The van der Waals surface area contributed by atoms with Crippen LogP contribution < -0.4 is 0 Å². The molecule has 3 aromatic heterocycles. The average molecular weight is 758 g/mol. The molecule has 0 aliphatic heterocycles. The number of rotatable bonds is 5. The Morgan fingerprint density at radius 1 is 0.390 bits per heavy atom. The van der Waals surface area contributed by atoms with Crippen molar-refractivity contribution in [2.45, 2.75) is 18.8 Å². The van der Waals surface area contributed by atoms with Gasteiger partial charge in [-0.05, 0) is 94.3 Å². The Balaban J connectivity index is 1.01. The molecule has 8 aromatic carbocycles. The molecule has 1 atom stereocenters. The smallest absolute Gasteiger partial charge is 0.164 e. The molecule has 278 valence electrons. The van der Waals surface area contributed by atoms with Crippen molar-refractivity contribution in [3.8, 4) is 56.4 Å². The second kappa shape index (κ2) is 13.5. The minimum absolute atomic E-state index is 0.231. The van der Waals surface area contributed by atoms with Gasteiger partial charge in [-0.15, -0.1) is 0 Å². The van der Waals surface area contributed by atoms with Gasteiger partial charge in [-0.25, -0.2) is 15.0 Å². The molecule has 0 saturated carbocycles. The van der Waals surface area contributed by atoms with Crippen LogP contribution in [0.1, 0.15) is 29.0 Å². The van der Waals surface area contributed by atoms with Crippen LogP contribution in [0.3, 0.4) is 0 Å². The molecule has 0 bridgehead atoms. The van der Waals surface area contributed by atoms with Crippen LogP contribution in [0, 0.1) is 0 Å². The number of nitrogens with zero attached hydrogens (tertiary/aromatic N) is 3. The van der Waals surface area contributed by atoms with Crippen LogP contribution in [0.5, 0.6) is 0 Å². The zero-order valence-electron chi connectivity index (χ0n) is 32.0. The Hall–Kier alpha value is -7.63. The summed E-state index contributed by atoms with van der Waals surface area (Å²) in [5, 5.41) is 4.33. The van der Waals surface area contributed by atoms with Crippen LogP contribution in [0.25, 0.3) is 100 Å². The third kappa shape index (κ3) is 5.65. The van der Waals surface area contributed by atoms with Gasteiger partial charge in [0, 0.05) is 44.2 Å². The lowest BCUT2D eigenvalue weighted by Crippen LogP contribution is -2.02. The minimum atomic E-state index is 0.231. The fourth-order valence-electron chi connectivity index (χ4n) is 9.16. The van der Waals surface area contributed by atoms with E-state index < -0.39 is 0 Å². The van der Waals surface area contributed by atoms with Crippen molar-refractivity contribution in [3.63, 3.8) is 0 Å². The van der Waals surface area contributed by atoms with Gasteiger partial charge in [0.1, 0.15) is 22.3 Å². The Kier molecular flexibility index (Phi) is 7.67. The van der Waals surface area contributed by atoms with Crippen LogP contribution in [0.15, 0.2) is 191 Å². The van der Waals surface area contributed by atoms with Gasteiger partial charge >= 0.3 is 0 Å². The molecule has 3 heterocycles. The summed E-state index contributed by atoms with van der Waals surface area (Å²) in [5.41, 5.74) is 15.1. The van der Waals surface area contributed by atoms with Crippen molar-refractivity contribution in [3.05, 3.63) is 199 Å². The van der Waals surface area contributed by atoms with E-state index in [2.05, 4.69) is 103 Å². The van der Waals surface area contributed by atoms with E-state index >= 15 is 0 Å². The molecule has 12 rings (SSSR count). The quantitative estimate of drug-likeness (QED) is 0.175. The Bertz CT molecular complexity index is 3340. The largest absolute Gasteiger partial charge is 0.456 e. The number of para-hydroxylation sites is 1. The van der Waals surface area contributed by atoms with E-state index in [9.17, 15) is 0 Å². The summed E-state index contributed by atoms with van der Waals surface area (Å²) in [6.07, 6.45) is 2.02. The number of hydrogen-bond acceptors (Lipinski definition) is 5. The summed E-state index contributed by atoms with van der Waals surface area (Å²) in [6.45, 7) is 0. The van der Waals surface area contributed by atoms with Crippen molar-refractivity contribution in [2.75, 3.05) is 0 Å². The molecule has 11 aromatic rings. The molecule has 1 unspecified atom stereocenters. The van der Waals surface area contributed by atoms with E-state index in [-0.39, 0.29) is 5.92 Å². The highest BCUT2D eigenvalue weighted by Crippen LogP contribution is 2.45. The number of aryl methyl sites for hydroxylation is 1. The summed E-state index contributed by atoms with van der Waals surface area (Å²) in [7, 11) is 0. The van der Waals surface area contributed by atoms with Crippen molar-refractivity contribution < 1.29 is 8.83 Å². The van der Waals surface area contributed by atoms with Crippen LogP contribution in [0.4, 0.5) is 0 Å². The molecule has 0 N–H and O–H groups in total. The maximum absolute atomic E-state index is 6.53. The zero-order valence-corrected chi connectivity index (χ0v) is 32.0. The topological polar surface area (TPSA) is 65.0 Å². The Morgan fingerprint density at radius 2 is 1.00 bits per heavy atom. The summed E-state index contributed by atoms with van der Waals surface area (Å²) in [6, 6.07) is 63.9. The van der Waals surface area contributed by atoms with Gasteiger partial charge in [0.05, 0.1) is 0 Å². The predicted molar refractivity (Wildman–Crippen MR) is 238 cm³/mol. The number of aromatic nitrogens is 3. The van der Waals surface area contributed by atoms with Crippen LogP contribution in [-0.2, 0) is 6.42 Å². The van der Waals surface area contributed by atoms with E-state index in [1.807, 2.05) is 78.9 Å². The second-order valence-electron chi connectivity index (χ2n) is 15.4. The van der Waals surface area contributed by atoms with Crippen molar-refractivity contribution in [1.82, 2.24) is 15.0 Å². The number of furan rings is 2. The first-order chi connectivity index (χ1) is 29.2. The van der Waals surface area contributed by atoms with Crippen LogP contribution in [-0.4, -0.2) is 15.0 Å². The molecule has 0 fully saturated rings. The molecular formula is C54H35N3O2. The summed E-state index contributed by atoms with van der Waals surface area (Å²) in [5.74, 6) is 2.09. The number of hydrogen-bond donors (Lipinski definition) is 0. The van der Waals surface area contributed by atoms with E-state index in [1.165, 1.54) is 33.2 Å². The van der Waals surface area contributed by atoms with Crippen molar-refractivity contribution in [1.29, 1.82) is 0 Å². The van der Waals surface area contributed by atoms with E-state index in [4.69, 9.17) is 23.8 Å². The lowest BCUT2D eigenvalue weighted by atomic mass is 9.84. The molecule has 0 amide bonds. The van der Waals surface area contributed by atoms with Gasteiger partial charge in [-0.2, -0.15) is 0 Å². The normalized spacial score (nSPS) is 13.8. The third-order valence-electron chi connectivity index (χ3n) is 12.0. The van der Waals surface area contributed by atoms with Gasteiger partial charge in [-0.3, -0.25) is 0 Å². The predicted octanol–water partition coefficient (Wildman–Crippen LogP) is 14.1. The maximum Gasteiger partial charge on any atom is 0.164 e. The second-order valence-corrected chi connectivity index (χ2v) is 15.4. The third-order valence-corrected chi connectivity index (χ3v) is 12.0. The Labute approximate surface area is 340 Å². The van der Waals surface area contributed by atoms with E-state index in [1.54, 1.807) is 0 Å². The highest BCUT2D eigenvalue weighted by Gasteiger charge is 2.26. The minimum Gasteiger partial charge on any atom is -0.456 e. The van der Waals surface area contributed by atoms with Crippen LogP contribution >= 0.6 is 0 Å². The average Bonchev–Trinajstić information content (AvgIpc) is 3.82. The van der Waals surface area contributed by atoms with Gasteiger partial charge in [0.2, 0.25) is 0 Å². The summed E-state index contributed by atoms with van der Waals surface area (Å²) < 4.78 is 12.7. The molecule has 0 spiro atoms. The maximum atomic E-state index is 6.53. The molecule has 59 heavy (non-hydrogen) atoms. The zero-order chi connectivity index (χ0) is 38.9. The first-order valence-corrected chi connectivity index (χ1v) is 20.2. The fourth-order valence-corrected chi connectivity index (χ4v) is 9.16.